The molecule has 11 heteroatoms. The second-order valence-electron chi connectivity index (χ2n) is 8.92. The first kappa shape index (κ1) is 25.3. The standard InChI is InChI=1S/C27H27N7O3S/c1-32(18-19-8-4-2-5-9-19)23-17-21(16-22-24(35)31-27(37)38-22)28-25(30-23)33-12-14-34(15-13-33)26(36)29-20-10-6-3-7-11-20/h2-11,16-17H,12-15,18H2,1H3,(H,29,36)(H,31,35,37). The molecule has 2 aromatic carbocycles. The number of hydrogen-bond donors (Lipinski definition) is 2. The molecule has 0 saturated carbocycles. The van der Waals surface area contributed by atoms with Crippen LogP contribution in [0, 0.1) is 0 Å². The van der Waals surface area contributed by atoms with Gasteiger partial charge in [0.15, 0.2) is 0 Å². The van der Waals surface area contributed by atoms with E-state index in [2.05, 4.69) is 10.6 Å². The van der Waals surface area contributed by atoms with Gasteiger partial charge in [0.1, 0.15) is 5.82 Å². The molecule has 2 fully saturated rings. The zero-order valence-corrected chi connectivity index (χ0v) is 21.6. The number of rotatable bonds is 6. The summed E-state index contributed by atoms with van der Waals surface area (Å²) in [5, 5.41) is 4.80. The average molecular weight is 530 g/mol. The molecule has 2 N–H and O–H groups in total. The summed E-state index contributed by atoms with van der Waals surface area (Å²) < 4.78 is 0. The van der Waals surface area contributed by atoms with Crippen LogP contribution >= 0.6 is 11.8 Å². The van der Waals surface area contributed by atoms with Gasteiger partial charge < -0.3 is 20.0 Å². The van der Waals surface area contributed by atoms with Crippen molar-refractivity contribution in [3.05, 3.63) is 82.9 Å². The minimum Gasteiger partial charge on any atom is -0.355 e. The molecule has 5 rings (SSSR count). The number of benzene rings is 2. The highest BCUT2D eigenvalue weighted by atomic mass is 32.2. The highest BCUT2D eigenvalue weighted by Gasteiger charge is 2.27. The summed E-state index contributed by atoms with van der Waals surface area (Å²) in [6.07, 6.45) is 1.61. The van der Waals surface area contributed by atoms with E-state index in [0.29, 0.717) is 55.1 Å². The monoisotopic (exact) mass is 529 g/mol. The van der Waals surface area contributed by atoms with Gasteiger partial charge in [0, 0.05) is 51.5 Å². The Balaban J connectivity index is 1.35. The summed E-state index contributed by atoms with van der Waals surface area (Å²) in [5.41, 5.74) is 2.41. The van der Waals surface area contributed by atoms with Crippen LogP contribution in [0.2, 0.25) is 0 Å². The molecule has 0 aliphatic carbocycles. The van der Waals surface area contributed by atoms with E-state index >= 15 is 0 Å². The minimum absolute atomic E-state index is 0.146. The number of aromatic nitrogens is 2. The van der Waals surface area contributed by atoms with Crippen molar-refractivity contribution in [2.45, 2.75) is 6.54 Å². The Bertz CT molecular complexity index is 1360. The quantitative estimate of drug-likeness (QED) is 0.464. The van der Waals surface area contributed by atoms with Crippen molar-refractivity contribution in [1.29, 1.82) is 0 Å². The van der Waals surface area contributed by atoms with E-state index in [1.165, 1.54) is 0 Å². The van der Waals surface area contributed by atoms with Crippen LogP contribution in [0.15, 0.2) is 71.6 Å². The first-order valence-electron chi connectivity index (χ1n) is 12.2. The van der Waals surface area contributed by atoms with Crippen molar-refractivity contribution in [3.63, 3.8) is 0 Å². The largest absolute Gasteiger partial charge is 0.355 e. The van der Waals surface area contributed by atoms with Crippen molar-refractivity contribution in [2.24, 2.45) is 0 Å². The lowest BCUT2D eigenvalue weighted by atomic mass is 10.2. The van der Waals surface area contributed by atoms with E-state index in [4.69, 9.17) is 9.97 Å². The van der Waals surface area contributed by atoms with Crippen molar-refractivity contribution >= 4 is 52.5 Å². The van der Waals surface area contributed by atoms with Crippen LogP contribution < -0.4 is 20.4 Å². The molecule has 3 aromatic rings. The van der Waals surface area contributed by atoms with Gasteiger partial charge in [-0.2, -0.15) is 4.98 Å². The number of carbonyl (C=O) groups is 3. The summed E-state index contributed by atoms with van der Waals surface area (Å²) in [4.78, 5) is 52.1. The molecule has 0 spiro atoms. The molecule has 38 heavy (non-hydrogen) atoms. The molecule has 194 valence electrons. The number of nitrogens with zero attached hydrogens (tertiary/aromatic N) is 5. The second kappa shape index (κ2) is 11.3. The lowest BCUT2D eigenvalue weighted by Crippen LogP contribution is -2.50. The highest BCUT2D eigenvalue weighted by Crippen LogP contribution is 2.27. The molecule has 10 nitrogen and oxygen atoms in total. The van der Waals surface area contributed by atoms with E-state index < -0.39 is 11.1 Å². The van der Waals surface area contributed by atoms with E-state index in [1.807, 2.05) is 77.5 Å². The maximum atomic E-state index is 12.7. The average Bonchev–Trinajstić information content (AvgIpc) is 3.25. The number of thioether (sulfide) groups is 1. The second-order valence-corrected chi connectivity index (χ2v) is 9.93. The van der Waals surface area contributed by atoms with Gasteiger partial charge in [-0.3, -0.25) is 14.9 Å². The Hall–Kier alpha value is -4.38. The predicted octanol–water partition coefficient (Wildman–Crippen LogP) is 3.79. The molecule has 2 saturated heterocycles. The fraction of sp³-hybridized carbons (Fsp3) is 0.222. The predicted molar refractivity (Wildman–Crippen MR) is 149 cm³/mol. The lowest BCUT2D eigenvalue weighted by molar-refractivity contribution is -0.115. The number of hydrogen-bond acceptors (Lipinski definition) is 8. The zero-order valence-electron chi connectivity index (χ0n) is 20.8. The Labute approximate surface area is 224 Å². The van der Waals surface area contributed by atoms with E-state index in [1.54, 1.807) is 17.0 Å². The number of amides is 4. The molecule has 4 amide bonds. The van der Waals surface area contributed by atoms with Crippen molar-refractivity contribution in [1.82, 2.24) is 20.2 Å². The number of carbonyl (C=O) groups excluding carboxylic acids is 3. The Morgan fingerprint density at radius 1 is 1.03 bits per heavy atom. The van der Waals surface area contributed by atoms with Gasteiger partial charge in [-0.15, -0.1) is 0 Å². The summed E-state index contributed by atoms with van der Waals surface area (Å²) in [6, 6.07) is 21.1. The third-order valence-electron chi connectivity index (χ3n) is 6.17. The molecule has 3 heterocycles. The normalized spacial score (nSPS) is 16.5. The third-order valence-corrected chi connectivity index (χ3v) is 6.98. The van der Waals surface area contributed by atoms with Crippen molar-refractivity contribution < 1.29 is 14.4 Å². The molecular weight excluding hydrogens is 502 g/mol. The molecular formula is C27H27N7O3S. The molecule has 0 atom stereocenters. The topological polar surface area (TPSA) is 111 Å². The van der Waals surface area contributed by atoms with Gasteiger partial charge in [0.2, 0.25) is 5.95 Å². The van der Waals surface area contributed by atoms with Gasteiger partial charge in [-0.25, -0.2) is 9.78 Å². The van der Waals surface area contributed by atoms with Crippen LogP contribution in [0.1, 0.15) is 11.3 Å². The number of imide groups is 1. The van der Waals surface area contributed by atoms with Crippen molar-refractivity contribution in [3.8, 4) is 0 Å². The van der Waals surface area contributed by atoms with E-state index in [9.17, 15) is 14.4 Å². The van der Waals surface area contributed by atoms with Crippen LogP contribution in [0.25, 0.3) is 6.08 Å². The summed E-state index contributed by atoms with van der Waals surface area (Å²) in [7, 11) is 1.95. The van der Waals surface area contributed by atoms with Crippen LogP contribution in [0.5, 0.6) is 0 Å². The molecule has 2 aliphatic heterocycles. The third kappa shape index (κ3) is 6.12. The van der Waals surface area contributed by atoms with Gasteiger partial charge in [-0.1, -0.05) is 48.5 Å². The van der Waals surface area contributed by atoms with Crippen LogP contribution in [-0.2, 0) is 11.3 Å². The van der Waals surface area contributed by atoms with E-state index in [-0.39, 0.29) is 6.03 Å². The molecule has 0 radical (unpaired) electrons. The number of nitrogens with one attached hydrogen (secondary N) is 2. The fourth-order valence-corrected chi connectivity index (χ4v) is 4.84. The SMILES string of the molecule is CN(Cc1ccccc1)c1cc(C=C2SC(=O)NC2=O)nc(N2CCN(C(=O)Nc3ccccc3)CC2)n1. The smallest absolute Gasteiger partial charge is 0.321 e. The maximum absolute atomic E-state index is 12.7. The molecule has 2 aliphatic rings. The maximum Gasteiger partial charge on any atom is 0.321 e. The van der Waals surface area contributed by atoms with Gasteiger partial charge in [0.25, 0.3) is 11.1 Å². The summed E-state index contributed by atoms with van der Waals surface area (Å²) in [5.74, 6) is 0.759. The molecule has 0 bridgehead atoms. The molecule has 1 aromatic heterocycles. The van der Waals surface area contributed by atoms with Crippen LogP contribution in [0.3, 0.4) is 0 Å². The van der Waals surface area contributed by atoms with Gasteiger partial charge in [-0.05, 0) is 35.5 Å². The first-order chi connectivity index (χ1) is 18.4. The zero-order chi connectivity index (χ0) is 26.5. The summed E-state index contributed by atoms with van der Waals surface area (Å²) in [6.45, 7) is 2.76. The first-order valence-corrected chi connectivity index (χ1v) is 13.0. The minimum atomic E-state index is -0.433. The van der Waals surface area contributed by atoms with E-state index in [0.717, 1.165) is 23.0 Å². The summed E-state index contributed by atoms with van der Waals surface area (Å²) >= 11 is 0.854. The lowest BCUT2D eigenvalue weighted by Gasteiger charge is -2.35. The number of urea groups is 1. The number of para-hydroxylation sites is 1. The van der Waals surface area contributed by atoms with Crippen LogP contribution in [-0.4, -0.2) is 65.3 Å². The van der Waals surface area contributed by atoms with Gasteiger partial charge >= 0.3 is 6.03 Å². The Morgan fingerprint density at radius 2 is 1.71 bits per heavy atom. The number of piperazine rings is 1. The molecule has 0 unspecified atom stereocenters. The Morgan fingerprint density at radius 3 is 2.37 bits per heavy atom. The Kier molecular flexibility index (Phi) is 7.55. The van der Waals surface area contributed by atoms with Crippen molar-refractivity contribution in [2.75, 3.05) is 48.3 Å². The van der Waals surface area contributed by atoms with Crippen LogP contribution in [0.4, 0.5) is 27.0 Å². The highest BCUT2D eigenvalue weighted by molar-refractivity contribution is 8.18. The fourth-order valence-electron chi connectivity index (χ4n) is 4.18. The van der Waals surface area contributed by atoms with Gasteiger partial charge in [0.05, 0.1) is 10.6 Å². The number of anilines is 3.